The first kappa shape index (κ1) is 21.8. The molecule has 7 heteroatoms. The first-order valence-corrected chi connectivity index (χ1v) is 11.7. The molecule has 0 N–H and O–H groups in total. The Morgan fingerprint density at radius 3 is 2.52 bits per heavy atom. The van der Waals surface area contributed by atoms with Gasteiger partial charge in [0.05, 0.1) is 5.69 Å². The number of nitrogens with zero attached hydrogens (tertiary/aromatic N) is 3. The molecule has 1 rings (SSSR count). The maximum atomic E-state index is 13.4. The Kier molecular flexibility index (Phi) is 9.89. The molecule has 1 unspecified atom stereocenters. The van der Waals surface area contributed by atoms with Gasteiger partial charge in [-0.3, -0.25) is 9.24 Å². The molecule has 0 aliphatic carbocycles. The van der Waals surface area contributed by atoms with Gasteiger partial charge in [0.25, 0.3) is 0 Å². The summed E-state index contributed by atoms with van der Waals surface area (Å²) < 4.78 is 20.4. The highest BCUT2D eigenvalue weighted by molar-refractivity contribution is 8.56. The van der Waals surface area contributed by atoms with Crippen LogP contribution in [0.3, 0.4) is 0 Å². The van der Waals surface area contributed by atoms with Crippen molar-refractivity contribution >= 4 is 29.6 Å². The van der Waals surface area contributed by atoms with Crippen LogP contribution in [0.1, 0.15) is 46.5 Å². The van der Waals surface area contributed by atoms with Gasteiger partial charge in [-0.2, -0.15) is 5.26 Å². The van der Waals surface area contributed by atoms with E-state index in [4.69, 9.17) is 4.52 Å². The summed E-state index contributed by atoms with van der Waals surface area (Å²) in [5.41, 5.74) is 0.662. The Morgan fingerprint density at radius 1 is 1.32 bits per heavy atom. The van der Waals surface area contributed by atoms with Gasteiger partial charge in [0.2, 0.25) is 5.84 Å². The zero-order chi connectivity index (χ0) is 18.7. The quantitative estimate of drug-likeness (QED) is 0.215. The standard InChI is InChI=1S/C18H28N3O2PS/c1-5-6-7-11-14-21(24(22,23-4)25-16(2)3)18(15-19)20-17-12-9-8-10-13-17/h8-10,12-13,16H,5-7,11,14H2,1-4H3. The van der Waals surface area contributed by atoms with Gasteiger partial charge in [0.1, 0.15) is 6.07 Å². The van der Waals surface area contributed by atoms with Crippen LogP contribution >= 0.6 is 18.1 Å². The van der Waals surface area contributed by atoms with Gasteiger partial charge in [0.15, 0.2) is 0 Å². The number of amidine groups is 1. The number of unbranched alkanes of at least 4 members (excludes halogenated alkanes) is 3. The summed E-state index contributed by atoms with van der Waals surface area (Å²) >= 11 is 1.26. The van der Waals surface area contributed by atoms with E-state index < -0.39 is 6.72 Å². The molecule has 0 aromatic heterocycles. The van der Waals surface area contributed by atoms with Crippen molar-refractivity contribution in [2.75, 3.05) is 13.7 Å². The van der Waals surface area contributed by atoms with E-state index in [-0.39, 0.29) is 11.1 Å². The molecule has 0 spiro atoms. The van der Waals surface area contributed by atoms with Crippen molar-refractivity contribution in [3.63, 3.8) is 0 Å². The third-order valence-electron chi connectivity index (χ3n) is 3.43. The SMILES string of the molecule is CCCCCCN(C(C#N)=Nc1ccccc1)P(=O)(OC)SC(C)C. The average Bonchev–Trinajstić information content (AvgIpc) is 2.60. The smallest absolute Gasteiger partial charge is 0.309 e. The molecule has 0 bridgehead atoms. The number of para-hydroxylation sites is 1. The van der Waals surface area contributed by atoms with Crippen molar-refractivity contribution in [1.82, 2.24) is 4.67 Å². The van der Waals surface area contributed by atoms with Crippen LogP contribution in [-0.4, -0.2) is 29.4 Å². The largest absolute Gasteiger partial charge is 0.355 e. The van der Waals surface area contributed by atoms with Crippen LogP contribution in [0.2, 0.25) is 0 Å². The van der Waals surface area contributed by atoms with Crippen LogP contribution < -0.4 is 0 Å². The van der Waals surface area contributed by atoms with Crippen LogP contribution in [0.15, 0.2) is 35.3 Å². The van der Waals surface area contributed by atoms with Gasteiger partial charge in [0, 0.05) is 18.9 Å². The predicted molar refractivity (Wildman–Crippen MR) is 107 cm³/mol. The normalized spacial score (nSPS) is 14.2. The lowest BCUT2D eigenvalue weighted by atomic mass is 10.2. The van der Waals surface area contributed by atoms with E-state index in [1.807, 2.05) is 44.2 Å². The minimum Gasteiger partial charge on any atom is -0.309 e. The molecule has 0 fully saturated rings. The molecule has 0 saturated heterocycles. The lowest BCUT2D eigenvalue weighted by molar-refractivity contribution is 0.365. The molecule has 0 amide bonds. The number of nitriles is 1. The van der Waals surface area contributed by atoms with E-state index in [1.165, 1.54) is 18.5 Å². The van der Waals surface area contributed by atoms with Crippen molar-refractivity contribution in [3.05, 3.63) is 30.3 Å². The van der Waals surface area contributed by atoms with Crippen molar-refractivity contribution in [3.8, 4) is 6.07 Å². The summed E-state index contributed by atoms with van der Waals surface area (Å²) in [6.07, 6.45) is 4.09. The van der Waals surface area contributed by atoms with E-state index in [9.17, 15) is 9.83 Å². The van der Waals surface area contributed by atoms with Gasteiger partial charge in [-0.1, -0.05) is 58.2 Å². The molecule has 1 aromatic carbocycles. The summed E-state index contributed by atoms with van der Waals surface area (Å²) in [6.45, 7) is 3.33. The molecule has 1 atom stereocenters. The first-order valence-electron chi connectivity index (χ1n) is 8.62. The molecule has 0 saturated carbocycles. The molecule has 0 aliphatic rings. The average molecular weight is 381 g/mol. The van der Waals surface area contributed by atoms with E-state index in [1.54, 1.807) is 4.67 Å². The first-order chi connectivity index (χ1) is 12.0. The molecule has 0 radical (unpaired) electrons. The maximum absolute atomic E-state index is 13.4. The number of benzene rings is 1. The summed E-state index contributed by atoms with van der Waals surface area (Å²) in [7, 11) is 1.44. The van der Waals surface area contributed by atoms with Crippen molar-refractivity contribution in [2.24, 2.45) is 4.99 Å². The zero-order valence-electron chi connectivity index (χ0n) is 15.5. The molecule has 5 nitrogen and oxygen atoms in total. The Balaban J connectivity index is 3.16. The van der Waals surface area contributed by atoms with Crippen molar-refractivity contribution in [1.29, 1.82) is 5.26 Å². The molecular formula is C18H28N3O2PS. The topological polar surface area (TPSA) is 65.7 Å². The molecule has 0 heterocycles. The molecule has 138 valence electrons. The van der Waals surface area contributed by atoms with Crippen LogP contribution in [0.4, 0.5) is 5.69 Å². The van der Waals surface area contributed by atoms with Crippen LogP contribution in [0.5, 0.6) is 0 Å². The fraction of sp³-hybridized carbons (Fsp3) is 0.556. The summed E-state index contributed by atoms with van der Waals surface area (Å²) in [4.78, 5) is 4.41. The summed E-state index contributed by atoms with van der Waals surface area (Å²) in [5, 5.41) is 9.76. The molecular weight excluding hydrogens is 353 g/mol. The second-order valence-corrected chi connectivity index (χ2v) is 10.8. The predicted octanol–water partition coefficient (Wildman–Crippen LogP) is 6.02. The second-order valence-electron chi connectivity index (χ2n) is 5.87. The summed E-state index contributed by atoms with van der Waals surface area (Å²) in [5.74, 6) is 0.140. The molecule has 1 aromatic rings. The van der Waals surface area contributed by atoms with E-state index >= 15 is 0 Å². The zero-order valence-corrected chi connectivity index (χ0v) is 17.2. The van der Waals surface area contributed by atoms with Crippen molar-refractivity contribution in [2.45, 2.75) is 51.7 Å². The second kappa shape index (κ2) is 11.4. The van der Waals surface area contributed by atoms with E-state index in [0.29, 0.717) is 12.2 Å². The van der Waals surface area contributed by atoms with Crippen LogP contribution in [0, 0.1) is 11.3 Å². The Labute approximate surface area is 155 Å². The minimum atomic E-state index is -3.23. The highest BCUT2D eigenvalue weighted by Crippen LogP contribution is 2.63. The van der Waals surface area contributed by atoms with Gasteiger partial charge in [-0.25, -0.2) is 4.99 Å². The third-order valence-corrected chi connectivity index (χ3v) is 8.66. The van der Waals surface area contributed by atoms with Crippen LogP contribution in [-0.2, 0) is 9.09 Å². The number of aliphatic imine (C=N–C) groups is 1. The van der Waals surface area contributed by atoms with Gasteiger partial charge in [-0.15, -0.1) is 0 Å². The maximum Gasteiger partial charge on any atom is 0.355 e. The highest BCUT2D eigenvalue weighted by Gasteiger charge is 2.35. The lowest BCUT2D eigenvalue weighted by Crippen LogP contribution is -2.28. The number of rotatable bonds is 10. The lowest BCUT2D eigenvalue weighted by Gasteiger charge is -2.30. The van der Waals surface area contributed by atoms with Crippen LogP contribution in [0.25, 0.3) is 0 Å². The van der Waals surface area contributed by atoms with E-state index in [0.717, 1.165) is 25.7 Å². The van der Waals surface area contributed by atoms with Gasteiger partial charge >= 0.3 is 6.72 Å². The Bertz CT molecular complexity index is 629. The Hall–Kier alpha value is -1.28. The third kappa shape index (κ3) is 7.23. The summed E-state index contributed by atoms with van der Waals surface area (Å²) in [6, 6.07) is 11.4. The number of hydrogen-bond donors (Lipinski definition) is 0. The van der Waals surface area contributed by atoms with Crippen molar-refractivity contribution < 1.29 is 9.09 Å². The fourth-order valence-electron chi connectivity index (χ4n) is 2.26. The monoisotopic (exact) mass is 381 g/mol. The highest BCUT2D eigenvalue weighted by atomic mass is 32.7. The van der Waals surface area contributed by atoms with E-state index in [2.05, 4.69) is 18.0 Å². The number of hydrogen-bond acceptors (Lipinski definition) is 5. The minimum absolute atomic E-state index is 0.112. The molecule has 25 heavy (non-hydrogen) atoms. The fourth-order valence-corrected chi connectivity index (χ4v) is 6.58. The molecule has 0 aliphatic heterocycles. The van der Waals surface area contributed by atoms with Gasteiger partial charge < -0.3 is 4.52 Å². The Morgan fingerprint density at radius 2 is 2.00 bits per heavy atom. The van der Waals surface area contributed by atoms with Gasteiger partial charge in [-0.05, 0) is 29.9 Å².